The van der Waals surface area contributed by atoms with Gasteiger partial charge in [-0.15, -0.1) is 0 Å². The first-order valence-electron chi connectivity index (χ1n) is 16.5. The van der Waals surface area contributed by atoms with Crippen molar-refractivity contribution in [1.29, 1.82) is 0 Å². The van der Waals surface area contributed by atoms with Crippen molar-refractivity contribution in [3.05, 3.63) is 84.4 Å². The second-order valence-corrected chi connectivity index (χ2v) is 13.3. The number of hydrogen-bond acceptors (Lipinski definition) is 8. The minimum Gasteiger partial charge on any atom is -0.485 e. The van der Waals surface area contributed by atoms with E-state index in [4.69, 9.17) is 20.9 Å². The lowest BCUT2D eigenvalue weighted by molar-refractivity contribution is -0.118. The smallest absolute Gasteiger partial charge is 0.241 e. The summed E-state index contributed by atoms with van der Waals surface area (Å²) in [7, 11) is 0. The van der Waals surface area contributed by atoms with Crippen LogP contribution in [0.1, 0.15) is 77.7 Å². The number of nitrogens with one attached hydrogen (secondary N) is 2. The van der Waals surface area contributed by atoms with Crippen molar-refractivity contribution in [2.24, 2.45) is 23.3 Å². The van der Waals surface area contributed by atoms with E-state index in [2.05, 4.69) is 20.6 Å². The Morgan fingerprint density at radius 3 is 1.44 bits per heavy atom. The van der Waals surface area contributed by atoms with Gasteiger partial charge in [-0.05, 0) is 86.1 Å². The topological polar surface area (TPSA) is 154 Å². The molecule has 10 nitrogen and oxygen atoms in total. The van der Waals surface area contributed by atoms with Crippen LogP contribution in [0.2, 0.25) is 0 Å². The van der Waals surface area contributed by atoms with Gasteiger partial charge >= 0.3 is 0 Å². The van der Waals surface area contributed by atoms with Crippen molar-refractivity contribution in [3.8, 4) is 33.8 Å². The predicted octanol–water partition coefficient (Wildman–Crippen LogP) is 7.03. The lowest BCUT2D eigenvalue weighted by atomic mass is 9.95. The quantitative estimate of drug-likeness (QED) is 0.159. The average molecular weight is 651 g/mol. The normalized spacial score (nSPS) is 16.8. The third-order valence-corrected chi connectivity index (χ3v) is 8.39. The lowest BCUT2D eigenvalue weighted by Crippen LogP contribution is -2.36. The maximum Gasteiger partial charge on any atom is 0.241 e. The molecule has 0 saturated carbocycles. The number of ether oxygens (including phenoxy) is 2. The predicted molar refractivity (Wildman–Crippen MR) is 190 cm³/mol. The average Bonchev–Trinajstić information content (AvgIpc) is 3.04. The summed E-state index contributed by atoms with van der Waals surface area (Å²) in [6.45, 7) is 12.2. The number of nitrogens with two attached hydrogens (primary N) is 2. The van der Waals surface area contributed by atoms with Crippen molar-refractivity contribution in [2.75, 3.05) is 10.6 Å². The highest BCUT2D eigenvalue weighted by atomic mass is 16.5. The van der Waals surface area contributed by atoms with Gasteiger partial charge in [0, 0.05) is 70.5 Å². The van der Waals surface area contributed by atoms with Crippen LogP contribution >= 0.6 is 0 Å². The number of amides is 2. The fraction of sp³-hybridized carbons (Fsp3) is 0.368. The number of rotatable bonds is 8. The van der Waals surface area contributed by atoms with Gasteiger partial charge in [-0.1, -0.05) is 27.7 Å². The van der Waals surface area contributed by atoms with Crippen LogP contribution in [-0.2, 0) is 9.59 Å². The standard InChI is InChI=1S/2C19H23N3O2/c2*1-11(2)8-17(20)19(23)22-13-4-5-15-14-6-7-21-10-16(14)12(3)24-18(15)9-13/h2*4-7,9-12,17H,8,20H2,1-3H3,(H,22,23)/t12-,17+;12-,17-/m01/s1. The van der Waals surface area contributed by atoms with E-state index in [1.807, 2.05) is 102 Å². The molecule has 0 bridgehead atoms. The number of pyridine rings is 2. The number of fused-ring (bicyclic) bond motifs is 6. The third kappa shape index (κ3) is 8.00. The zero-order valence-electron chi connectivity index (χ0n) is 28.5. The molecule has 0 saturated heterocycles. The minimum absolute atomic E-state index is 0.0738. The molecule has 6 rings (SSSR count). The molecular weight excluding hydrogens is 604 g/mol. The number of carbonyl (C=O) groups is 2. The Balaban J connectivity index is 0.000000188. The molecule has 2 amide bonds. The molecule has 0 radical (unpaired) electrons. The van der Waals surface area contributed by atoms with E-state index in [1.54, 1.807) is 12.4 Å². The number of aromatic nitrogens is 2. The van der Waals surface area contributed by atoms with Gasteiger partial charge < -0.3 is 31.6 Å². The number of nitrogens with zero attached hydrogens (tertiary/aromatic N) is 2. The summed E-state index contributed by atoms with van der Waals surface area (Å²) in [5.74, 6) is 1.94. The molecule has 2 aromatic carbocycles. The molecule has 4 heterocycles. The maximum atomic E-state index is 12.2. The molecule has 2 aliphatic rings. The molecule has 0 spiro atoms. The van der Waals surface area contributed by atoms with Gasteiger partial charge in [0.25, 0.3) is 0 Å². The van der Waals surface area contributed by atoms with Crippen LogP contribution in [0.3, 0.4) is 0 Å². The molecule has 0 aliphatic carbocycles. The molecule has 48 heavy (non-hydrogen) atoms. The Bertz CT molecular complexity index is 1650. The van der Waals surface area contributed by atoms with Crippen LogP contribution in [0.5, 0.6) is 11.5 Å². The van der Waals surface area contributed by atoms with Crippen LogP contribution in [0, 0.1) is 11.8 Å². The first kappa shape index (κ1) is 34.5. The second-order valence-electron chi connectivity index (χ2n) is 13.3. The number of hydrogen-bond donors (Lipinski definition) is 4. The molecule has 2 aliphatic heterocycles. The summed E-state index contributed by atoms with van der Waals surface area (Å²) in [4.78, 5) is 32.7. The Morgan fingerprint density at radius 1 is 0.667 bits per heavy atom. The van der Waals surface area contributed by atoms with E-state index in [0.29, 0.717) is 36.1 Å². The van der Waals surface area contributed by atoms with E-state index in [1.165, 1.54) is 0 Å². The molecule has 2 aromatic heterocycles. The molecule has 0 unspecified atom stereocenters. The van der Waals surface area contributed by atoms with Gasteiger partial charge in [0.05, 0.1) is 12.1 Å². The summed E-state index contributed by atoms with van der Waals surface area (Å²) in [6, 6.07) is 14.4. The third-order valence-electron chi connectivity index (χ3n) is 8.39. The molecule has 4 aromatic rings. The maximum absolute atomic E-state index is 12.2. The summed E-state index contributed by atoms with van der Waals surface area (Å²) >= 11 is 0. The Kier molecular flexibility index (Phi) is 10.8. The second kappa shape index (κ2) is 15.0. The summed E-state index contributed by atoms with van der Waals surface area (Å²) in [5.41, 5.74) is 19.7. The molecule has 6 N–H and O–H groups in total. The SMILES string of the molecule is CC(C)C[C@@H](N)C(=O)Nc1ccc2c(c1)O[C@@H](C)c1cnccc1-2.CC(C)C[C@@H](N)C(=O)Nc1ccc2c(c1)O[C@H](C)c1cnccc1-2. The van der Waals surface area contributed by atoms with Crippen LogP contribution in [0.25, 0.3) is 22.3 Å². The highest BCUT2D eigenvalue weighted by molar-refractivity contribution is 5.96. The van der Waals surface area contributed by atoms with E-state index < -0.39 is 12.1 Å². The summed E-state index contributed by atoms with van der Waals surface area (Å²) < 4.78 is 12.0. The number of carbonyl (C=O) groups excluding carboxylic acids is 2. The van der Waals surface area contributed by atoms with Gasteiger partial charge in [0.15, 0.2) is 0 Å². The van der Waals surface area contributed by atoms with Crippen LogP contribution in [0.4, 0.5) is 11.4 Å². The molecule has 0 fully saturated rings. The highest BCUT2D eigenvalue weighted by Gasteiger charge is 2.25. The van der Waals surface area contributed by atoms with E-state index in [-0.39, 0.29) is 24.0 Å². The van der Waals surface area contributed by atoms with Gasteiger partial charge in [-0.3, -0.25) is 19.6 Å². The van der Waals surface area contributed by atoms with E-state index >= 15 is 0 Å². The number of anilines is 2. The fourth-order valence-electron chi connectivity index (χ4n) is 6.00. The van der Waals surface area contributed by atoms with Crippen molar-refractivity contribution in [2.45, 2.75) is 78.7 Å². The van der Waals surface area contributed by atoms with Crippen molar-refractivity contribution in [3.63, 3.8) is 0 Å². The van der Waals surface area contributed by atoms with Crippen molar-refractivity contribution >= 4 is 23.2 Å². The van der Waals surface area contributed by atoms with Crippen molar-refractivity contribution < 1.29 is 19.1 Å². The Morgan fingerprint density at radius 2 is 1.06 bits per heavy atom. The fourth-order valence-corrected chi connectivity index (χ4v) is 6.00. The molecule has 4 atom stereocenters. The van der Waals surface area contributed by atoms with Gasteiger partial charge in [-0.2, -0.15) is 0 Å². The molecule has 10 heteroatoms. The Hall–Kier alpha value is -4.80. The van der Waals surface area contributed by atoms with Crippen LogP contribution in [-0.4, -0.2) is 33.9 Å². The van der Waals surface area contributed by atoms with Crippen molar-refractivity contribution in [1.82, 2.24) is 9.97 Å². The first-order chi connectivity index (χ1) is 22.9. The minimum atomic E-state index is -0.507. The lowest BCUT2D eigenvalue weighted by Gasteiger charge is -2.26. The van der Waals surface area contributed by atoms with Gasteiger partial charge in [0.1, 0.15) is 23.7 Å². The summed E-state index contributed by atoms with van der Waals surface area (Å²) in [6.07, 6.45) is 8.40. The highest BCUT2D eigenvalue weighted by Crippen LogP contribution is 2.44. The van der Waals surface area contributed by atoms with Gasteiger partial charge in [-0.25, -0.2) is 0 Å². The molecular formula is C38H46N6O4. The Labute approximate surface area is 282 Å². The monoisotopic (exact) mass is 650 g/mol. The zero-order chi connectivity index (χ0) is 34.5. The number of benzene rings is 2. The zero-order valence-corrected chi connectivity index (χ0v) is 28.5. The summed E-state index contributed by atoms with van der Waals surface area (Å²) in [5, 5.41) is 5.76. The first-order valence-corrected chi connectivity index (χ1v) is 16.5. The van der Waals surface area contributed by atoms with Crippen LogP contribution in [0.15, 0.2) is 73.3 Å². The van der Waals surface area contributed by atoms with E-state index in [0.717, 1.165) is 44.9 Å². The molecule has 252 valence electrons. The van der Waals surface area contributed by atoms with Crippen LogP contribution < -0.4 is 31.6 Å². The van der Waals surface area contributed by atoms with E-state index in [9.17, 15) is 9.59 Å². The largest absolute Gasteiger partial charge is 0.485 e. The van der Waals surface area contributed by atoms with Gasteiger partial charge in [0.2, 0.25) is 11.8 Å².